The number of nitrogens with zero attached hydrogens (tertiary/aromatic N) is 1. The molecule has 0 saturated heterocycles. The standard InChI is InChI=1S/C12H8ClF3N2O/c13-10-5-8(17)6-18-11(10)7-1-3-9(4-2-7)19-12(14,15)16/h1-6H,17H2. The van der Waals surface area contributed by atoms with Gasteiger partial charge in [0.05, 0.1) is 22.6 Å². The highest BCUT2D eigenvalue weighted by atomic mass is 35.5. The van der Waals surface area contributed by atoms with E-state index in [0.717, 1.165) is 0 Å². The second kappa shape index (κ2) is 4.97. The normalized spacial score (nSPS) is 11.4. The first-order chi connectivity index (χ1) is 8.85. The summed E-state index contributed by atoms with van der Waals surface area (Å²) >= 11 is 5.96. The Morgan fingerprint density at radius 2 is 1.79 bits per heavy atom. The number of hydrogen-bond acceptors (Lipinski definition) is 3. The van der Waals surface area contributed by atoms with Gasteiger partial charge in [-0.15, -0.1) is 13.2 Å². The SMILES string of the molecule is Nc1cnc(-c2ccc(OC(F)(F)F)cc2)c(Cl)c1. The minimum atomic E-state index is -4.71. The summed E-state index contributed by atoms with van der Waals surface area (Å²) in [5.74, 6) is -0.303. The maximum Gasteiger partial charge on any atom is 0.573 e. The van der Waals surface area contributed by atoms with Crippen molar-refractivity contribution < 1.29 is 17.9 Å². The molecule has 0 saturated carbocycles. The van der Waals surface area contributed by atoms with Crippen molar-refractivity contribution in [1.29, 1.82) is 0 Å². The molecule has 1 aromatic carbocycles. The zero-order valence-corrected chi connectivity index (χ0v) is 10.2. The average Bonchev–Trinajstić information content (AvgIpc) is 2.28. The zero-order valence-electron chi connectivity index (χ0n) is 9.41. The molecular formula is C12H8ClF3N2O. The number of halogens is 4. The van der Waals surface area contributed by atoms with Gasteiger partial charge < -0.3 is 10.5 Å². The van der Waals surface area contributed by atoms with E-state index in [1.807, 2.05) is 0 Å². The molecule has 1 heterocycles. The lowest BCUT2D eigenvalue weighted by atomic mass is 10.1. The lowest BCUT2D eigenvalue weighted by molar-refractivity contribution is -0.274. The van der Waals surface area contributed by atoms with Crippen LogP contribution in [0, 0.1) is 0 Å². The quantitative estimate of drug-likeness (QED) is 0.912. The van der Waals surface area contributed by atoms with Crippen LogP contribution in [0.15, 0.2) is 36.5 Å². The third kappa shape index (κ3) is 3.51. The van der Waals surface area contributed by atoms with Gasteiger partial charge in [-0.2, -0.15) is 0 Å². The van der Waals surface area contributed by atoms with E-state index < -0.39 is 6.36 Å². The predicted octanol–water partition coefficient (Wildman–Crippen LogP) is 3.88. The van der Waals surface area contributed by atoms with Gasteiger partial charge in [-0.05, 0) is 30.3 Å². The maximum atomic E-state index is 12.0. The summed E-state index contributed by atoms with van der Waals surface area (Å²) in [7, 11) is 0. The first kappa shape index (κ1) is 13.5. The summed E-state index contributed by atoms with van der Waals surface area (Å²) in [6.45, 7) is 0. The molecule has 0 aliphatic rings. The molecule has 0 atom stereocenters. The molecule has 1 aromatic heterocycles. The highest BCUT2D eigenvalue weighted by Gasteiger charge is 2.30. The molecule has 2 N–H and O–H groups in total. The lowest BCUT2D eigenvalue weighted by Crippen LogP contribution is -2.16. The smallest absolute Gasteiger partial charge is 0.406 e. The van der Waals surface area contributed by atoms with Crippen molar-refractivity contribution >= 4 is 17.3 Å². The molecule has 0 radical (unpaired) electrons. The molecule has 0 aliphatic heterocycles. The number of hydrogen-bond donors (Lipinski definition) is 1. The number of alkyl halides is 3. The number of nitrogens with two attached hydrogens (primary N) is 1. The van der Waals surface area contributed by atoms with Gasteiger partial charge in [0.1, 0.15) is 5.75 Å². The third-order valence-electron chi connectivity index (χ3n) is 2.22. The largest absolute Gasteiger partial charge is 0.573 e. The van der Waals surface area contributed by atoms with Gasteiger partial charge >= 0.3 is 6.36 Å². The molecule has 0 amide bonds. The monoisotopic (exact) mass is 288 g/mol. The summed E-state index contributed by atoms with van der Waals surface area (Å²) in [6, 6.07) is 6.77. The Labute approximate surface area is 111 Å². The topological polar surface area (TPSA) is 48.1 Å². The molecule has 7 heteroatoms. The van der Waals surface area contributed by atoms with E-state index in [0.29, 0.717) is 22.0 Å². The number of aromatic nitrogens is 1. The van der Waals surface area contributed by atoms with Crippen molar-refractivity contribution in [3.63, 3.8) is 0 Å². The number of benzene rings is 1. The van der Waals surface area contributed by atoms with Crippen molar-refractivity contribution in [1.82, 2.24) is 4.98 Å². The van der Waals surface area contributed by atoms with Crippen LogP contribution in [0.5, 0.6) is 5.75 Å². The van der Waals surface area contributed by atoms with Crippen LogP contribution in [-0.4, -0.2) is 11.3 Å². The van der Waals surface area contributed by atoms with Crippen LogP contribution in [-0.2, 0) is 0 Å². The Hall–Kier alpha value is -1.95. The fraction of sp³-hybridized carbons (Fsp3) is 0.0833. The van der Waals surface area contributed by atoms with Gasteiger partial charge in [0, 0.05) is 5.56 Å². The van der Waals surface area contributed by atoms with Crippen molar-refractivity contribution in [2.45, 2.75) is 6.36 Å². The molecule has 2 rings (SSSR count). The molecule has 2 aromatic rings. The number of anilines is 1. The average molecular weight is 289 g/mol. The highest BCUT2D eigenvalue weighted by Crippen LogP contribution is 2.29. The van der Waals surface area contributed by atoms with Crippen LogP contribution >= 0.6 is 11.6 Å². The number of nitrogen functional groups attached to an aromatic ring is 1. The van der Waals surface area contributed by atoms with Crippen molar-refractivity contribution in [2.75, 3.05) is 5.73 Å². The fourth-order valence-electron chi connectivity index (χ4n) is 1.48. The van der Waals surface area contributed by atoms with Gasteiger partial charge in [0.25, 0.3) is 0 Å². The Kier molecular flexibility index (Phi) is 3.53. The van der Waals surface area contributed by atoms with Crippen LogP contribution in [0.4, 0.5) is 18.9 Å². The Morgan fingerprint density at radius 1 is 1.16 bits per heavy atom. The molecule has 0 spiro atoms. The summed E-state index contributed by atoms with van der Waals surface area (Å²) in [4.78, 5) is 4.03. The second-order valence-corrected chi connectivity index (χ2v) is 4.08. The maximum absolute atomic E-state index is 12.0. The van der Waals surface area contributed by atoms with Gasteiger partial charge in [-0.1, -0.05) is 11.6 Å². The number of pyridine rings is 1. The summed E-state index contributed by atoms with van der Waals surface area (Å²) in [5, 5.41) is 0.324. The molecular weight excluding hydrogens is 281 g/mol. The Bertz CT molecular complexity index is 585. The van der Waals surface area contributed by atoms with Crippen LogP contribution in [0.3, 0.4) is 0 Å². The van der Waals surface area contributed by atoms with Crippen LogP contribution in [0.2, 0.25) is 5.02 Å². The lowest BCUT2D eigenvalue weighted by Gasteiger charge is -2.09. The van der Waals surface area contributed by atoms with Gasteiger partial charge in [0.15, 0.2) is 0 Å². The van der Waals surface area contributed by atoms with E-state index in [9.17, 15) is 13.2 Å². The van der Waals surface area contributed by atoms with E-state index in [2.05, 4.69) is 9.72 Å². The summed E-state index contributed by atoms with van der Waals surface area (Å²) < 4.78 is 39.8. The van der Waals surface area contributed by atoms with Crippen LogP contribution < -0.4 is 10.5 Å². The molecule has 0 bridgehead atoms. The first-order valence-corrected chi connectivity index (χ1v) is 5.50. The van der Waals surface area contributed by atoms with E-state index in [1.165, 1.54) is 36.5 Å². The summed E-state index contributed by atoms with van der Waals surface area (Å²) in [6.07, 6.45) is -3.29. The van der Waals surface area contributed by atoms with Gasteiger partial charge in [-0.25, -0.2) is 0 Å². The minimum absolute atomic E-state index is 0.303. The second-order valence-electron chi connectivity index (χ2n) is 3.67. The first-order valence-electron chi connectivity index (χ1n) is 5.12. The molecule has 0 aliphatic carbocycles. The van der Waals surface area contributed by atoms with Crippen LogP contribution in [0.1, 0.15) is 0 Å². The van der Waals surface area contributed by atoms with Gasteiger partial charge in [0.2, 0.25) is 0 Å². The van der Waals surface area contributed by atoms with Crippen LogP contribution in [0.25, 0.3) is 11.3 Å². The summed E-state index contributed by atoms with van der Waals surface area (Å²) in [5.41, 5.74) is 6.92. The molecule has 0 fully saturated rings. The predicted molar refractivity (Wildman–Crippen MR) is 65.8 cm³/mol. The molecule has 100 valence electrons. The van der Waals surface area contributed by atoms with E-state index in [-0.39, 0.29) is 5.75 Å². The van der Waals surface area contributed by atoms with E-state index in [1.54, 1.807) is 0 Å². The highest BCUT2D eigenvalue weighted by molar-refractivity contribution is 6.33. The third-order valence-corrected chi connectivity index (χ3v) is 2.51. The van der Waals surface area contributed by atoms with Gasteiger partial charge in [-0.3, -0.25) is 4.98 Å². The number of ether oxygens (including phenoxy) is 1. The van der Waals surface area contributed by atoms with Crippen molar-refractivity contribution in [3.8, 4) is 17.0 Å². The van der Waals surface area contributed by atoms with E-state index in [4.69, 9.17) is 17.3 Å². The number of rotatable bonds is 2. The van der Waals surface area contributed by atoms with Crippen molar-refractivity contribution in [2.24, 2.45) is 0 Å². The fourth-order valence-corrected chi connectivity index (χ4v) is 1.76. The molecule has 0 unspecified atom stereocenters. The Balaban J connectivity index is 2.27. The molecule has 3 nitrogen and oxygen atoms in total. The van der Waals surface area contributed by atoms with Crippen molar-refractivity contribution in [3.05, 3.63) is 41.6 Å². The van der Waals surface area contributed by atoms with E-state index >= 15 is 0 Å². The zero-order chi connectivity index (χ0) is 14.0. The Morgan fingerprint density at radius 3 is 2.32 bits per heavy atom. The molecule has 19 heavy (non-hydrogen) atoms. The minimum Gasteiger partial charge on any atom is -0.406 e.